The van der Waals surface area contributed by atoms with E-state index in [1.165, 1.54) is 36.0 Å². The van der Waals surface area contributed by atoms with Gasteiger partial charge in [0, 0.05) is 6.07 Å². The Balaban J connectivity index is 2.38. The SMILES string of the molecule is CSc1nc(Cl)cc(Nc2ccccc2C(F)(F)F)n1. The molecule has 1 aromatic carbocycles. The molecule has 0 saturated heterocycles. The van der Waals surface area contributed by atoms with Crippen LogP contribution in [0.25, 0.3) is 0 Å². The summed E-state index contributed by atoms with van der Waals surface area (Å²) in [7, 11) is 0. The Morgan fingerprint density at radius 1 is 1.20 bits per heavy atom. The van der Waals surface area contributed by atoms with Crippen molar-refractivity contribution in [3.63, 3.8) is 0 Å². The van der Waals surface area contributed by atoms with E-state index in [1.54, 1.807) is 6.26 Å². The summed E-state index contributed by atoms with van der Waals surface area (Å²) in [6.07, 6.45) is -2.69. The second-order valence-corrected chi connectivity index (χ2v) is 4.89. The lowest BCUT2D eigenvalue weighted by molar-refractivity contribution is -0.136. The van der Waals surface area contributed by atoms with Crippen LogP contribution in [0.4, 0.5) is 24.7 Å². The zero-order chi connectivity index (χ0) is 14.8. The number of anilines is 2. The van der Waals surface area contributed by atoms with Crippen LogP contribution in [0, 0.1) is 0 Å². The first-order chi connectivity index (χ1) is 9.40. The van der Waals surface area contributed by atoms with E-state index in [0.29, 0.717) is 5.16 Å². The average Bonchev–Trinajstić information content (AvgIpc) is 2.37. The monoisotopic (exact) mass is 319 g/mol. The van der Waals surface area contributed by atoms with Gasteiger partial charge in [-0.2, -0.15) is 13.2 Å². The van der Waals surface area contributed by atoms with Gasteiger partial charge < -0.3 is 5.32 Å². The third kappa shape index (κ3) is 3.55. The molecule has 2 rings (SSSR count). The van der Waals surface area contributed by atoms with Crippen LogP contribution in [0.3, 0.4) is 0 Å². The summed E-state index contributed by atoms with van der Waals surface area (Å²) in [5, 5.41) is 3.17. The minimum atomic E-state index is -4.44. The maximum absolute atomic E-state index is 12.9. The van der Waals surface area contributed by atoms with Crippen molar-refractivity contribution in [2.75, 3.05) is 11.6 Å². The summed E-state index contributed by atoms with van der Waals surface area (Å²) in [6, 6.07) is 6.54. The van der Waals surface area contributed by atoms with Gasteiger partial charge in [0.15, 0.2) is 5.16 Å². The highest BCUT2D eigenvalue weighted by molar-refractivity contribution is 7.98. The lowest BCUT2D eigenvalue weighted by Crippen LogP contribution is -2.09. The van der Waals surface area contributed by atoms with Gasteiger partial charge >= 0.3 is 6.18 Å². The van der Waals surface area contributed by atoms with E-state index in [2.05, 4.69) is 15.3 Å². The molecule has 2 aromatic rings. The molecule has 0 aliphatic rings. The first-order valence-corrected chi connectivity index (χ1v) is 7.02. The van der Waals surface area contributed by atoms with Crippen molar-refractivity contribution in [2.45, 2.75) is 11.3 Å². The van der Waals surface area contributed by atoms with E-state index in [9.17, 15) is 13.2 Å². The summed E-state index contributed by atoms with van der Waals surface area (Å²) in [5.41, 5.74) is -0.845. The van der Waals surface area contributed by atoms with Crippen LogP contribution >= 0.6 is 23.4 Å². The number of alkyl halides is 3. The highest BCUT2D eigenvalue weighted by Gasteiger charge is 2.33. The molecule has 0 amide bonds. The normalized spacial score (nSPS) is 11.4. The number of hydrogen-bond acceptors (Lipinski definition) is 4. The third-order valence-corrected chi connectivity index (χ3v) is 3.09. The van der Waals surface area contributed by atoms with Gasteiger partial charge in [0.1, 0.15) is 11.0 Å². The Morgan fingerprint density at radius 2 is 1.90 bits per heavy atom. The van der Waals surface area contributed by atoms with Crippen molar-refractivity contribution < 1.29 is 13.2 Å². The average molecular weight is 320 g/mol. The molecule has 0 aliphatic heterocycles. The Hall–Kier alpha value is -1.47. The smallest absolute Gasteiger partial charge is 0.340 e. The highest BCUT2D eigenvalue weighted by atomic mass is 35.5. The molecule has 0 radical (unpaired) electrons. The number of para-hydroxylation sites is 1. The molecule has 0 saturated carbocycles. The quantitative estimate of drug-likeness (QED) is 0.509. The molecule has 0 bridgehead atoms. The van der Waals surface area contributed by atoms with Crippen LogP contribution in [-0.4, -0.2) is 16.2 Å². The van der Waals surface area contributed by atoms with Crippen molar-refractivity contribution in [3.8, 4) is 0 Å². The molecule has 3 nitrogen and oxygen atoms in total. The predicted octanol–water partition coefficient (Wildman–Crippen LogP) is 4.61. The van der Waals surface area contributed by atoms with Crippen molar-refractivity contribution in [2.24, 2.45) is 0 Å². The van der Waals surface area contributed by atoms with Gasteiger partial charge in [0.25, 0.3) is 0 Å². The number of hydrogen-bond donors (Lipinski definition) is 1. The molecule has 1 N–H and O–H groups in total. The fourth-order valence-electron chi connectivity index (χ4n) is 1.53. The second kappa shape index (κ2) is 5.88. The molecule has 20 heavy (non-hydrogen) atoms. The zero-order valence-electron chi connectivity index (χ0n) is 10.2. The molecule has 0 unspecified atom stereocenters. The lowest BCUT2D eigenvalue weighted by Gasteiger charge is -2.14. The van der Waals surface area contributed by atoms with Gasteiger partial charge in [-0.25, -0.2) is 9.97 Å². The van der Waals surface area contributed by atoms with Gasteiger partial charge in [-0.1, -0.05) is 35.5 Å². The van der Waals surface area contributed by atoms with E-state index in [0.717, 1.165) is 6.07 Å². The summed E-state index contributed by atoms with van der Waals surface area (Å²) in [6.45, 7) is 0. The standard InChI is InChI=1S/C12H9ClF3N3S/c1-20-11-18-9(13)6-10(19-11)17-8-5-3-2-4-7(8)12(14,15)16/h2-6H,1H3,(H,17,18,19). The lowest BCUT2D eigenvalue weighted by atomic mass is 10.1. The zero-order valence-corrected chi connectivity index (χ0v) is 11.8. The Bertz CT molecular complexity index is 619. The van der Waals surface area contributed by atoms with E-state index in [-0.39, 0.29) is 16.7 Å². The Morgan fingerprint density at radius 3 is 2.55 bits per heavy atom. The number of benzene rings is 1. The van der Waals surface area contributed by atoms with Gasteiger partial charge in [-0.3, -0.25) is 0 Å². The first kappa shape index (κ1) is 14.9. The van der Waals surface area contributed by atoms with Gasteiger partial charge in [-0.15, -0.1) is 0 Å². The number of halogens is 4. The van der Waals surface area contributed by atoms with Crippen LogP contribution < -0.4 is 5.32 Å². The van der Waals surface area contributed by atoms with Crippen LogP contribution in [0.15, 0.2) is 35.5 Å². The molecular formula is C12H9ClF3N3S. The van der Waals surface area contributed by atoms with Crippen molar-refractivity contribution in [1.82, 2.24) is 9.97 Å². The first-order valence-electron chi connectivity index (χ1n) is 5.42. The van der Waals surface area contributed by atoms with Crippen LogP contribution in [0.2, 0.25) is 5.15 Å². The second-order valence-electron chi connectivity index (χ2n) is 3.73. The predicted molar refractivity (Wildman–Crippen MR) is 73.5 cm³/mol. The van der Waals surface area contributed by atoms with E-state index < -0.39 is 11.7 Å². The van der Waals surface area contributed by atoms with Crippen LogP contribution in [0.5, 0.6) is 0 Å². The van der Waals surface area contributed by atoms with E-state index >= 15 is 0 Å². The summed E-state index contributed by atoms with van der Waals surface area (Å²) < 4.78 is 38.6. The largest absolute Gasteiger partial charge is 0.418 e. The molecule has 8 heteroatoms. The summed E-state index contributed by atoms with van der Waals surface area (Å²) >= 11 is 7.05. The maximum atomic E-state index is 12.9. The molecule has 0 fully saturated rings. The molecule has 0 atom stereocenters. The Labute approximate surface area is 122 Å². The Kier molecular flexibility index (Phi) is 4.39. The molecule has 0 aliphatic carbocycles. The van der Waals surface area contributed by atoms with Gasteiger partial charge in [0.05, 0.1) is 11.3 Å². The number of nitrogens with zero attached hydrogens (tertiary/aromatic N) is 2. The summed E-state index contributed by atoms with van der Waals surface area (Å²) in [5.74, 6) is 0.214. The van der Waals surface area contributed by atoms with Gasteiger partial charge in [-0.05, 0) is 18.4 Å². The van der Waals surface area contributed by atoms with Crippen LogP contribution in [-0.2, 0) is 6.18 Å². The van der Waals surface area contributed by atoms with Crippen molar-refractivity contribution in [3.05, 3.63) is 41.0 Å². The molecular weight excluding hydrogens is 311 g/mol. The van der Waals surface area contributed by atoms with E-state index in [1.807, 2.05) is 0 Å². The number of rotatable bonds is 3. The van der Waals surface area contributed by atoms with Crippen LogP contribution in [0.1, 0.15) is 5.56 Å². The minimum Gasteiger partial charge on any atom is -0.340 e. The van der Waals surface area contributed by atoms with E-state index in [4.69, 9.17) is 11.6 Å². The van der Waals surface area contributed by atoms with Crippen molar-refractivity contribution in [1.29, 1.82) is 0 Å². The number of nitrogens with one attached hydrogen (secondary N) is 1. The molecule has 1 aromatic heterocycles. The summed E-state index contributed by atoms with van der Waals surface area (Å²) in [4.78, 5) is 7.98. The van der Waals surface area contributed by atoms with Gasteiger partial charge in [0.2, 0.25) is 0 Å². The fraction of sp³-hybridized carbons (Fsp3) is 0.167. The third-order valence-electron chi connectivity index (χ3n) is 2.35. The number of thioether (sulfide) groups is 1. The number of aromatic nitrogens is 2. The molecule has 106 valence electrons. The fourth-order valence-corrected chi connectivity index (χ4v) is 2.14. The minimum absolute atomic E-state index is 0.0816. The topological polar surface area (TPSA) is 37.8 Å². The maximum Gasteiger partial charge on any atom is 0.418 e. The molecule has 1 heterocycles. The molecule has 0 spiro atoms. The highest BCUT2D eigenvalue weighted by Crippen LogP contribution is 2.35. The van der Waals surface area contributed by atoms with Crippen molar-refractivity contribution >= 4 is 34.9 Å².